The molecule has 1 saturated heterocycles. The van der Waals surface area contributed by atoms with E-state index in [0.717, 1.165) is 31.4 Å². The van der Waals surface area contributed by atoms with Crippen LogP contribution >= 0.6 is 11.6 Å². The molecule has 1 aromatic rings. The van der Waals surface area contributed by atoms with E-state index in [4.69, 9.17) is 21.1 Å². The molecule has 0 bridgehead atoms. The molecule has 3 rings (SSSR count). The van der Waals surface area contributed by atoms with E-state index in [1.807, 2.05) is 25.8 Å². The Balaban J connectivity index is 1.73. The van der Waals surface area contributed by atoms with E-state index in [1.165, 1.54) is 12.8 Å². The third-order valence-electron chi connectivity index (χ3n) is 5.20. The van der Waals surface area contributed by atoms with Gasteiger partial charge in [-0.15, -0.1) is 0 Å². The highest BCUT2D eigenvalue weighted by Crippen LogP contribution is 2.28. The SMILES string of the molecule is Cn1cc(Cl)c(CN(C[C@@H]2COC(C)(C)O2)C(=O)C2CCCCCC2)n1. The Morgan fingerprint density at radius 1 is 1.35 bits per heavy atom. The van der Waals surface area contributed by atoms with Crippen molar-refractivity contribution in [2.45, 2.75) is 70.8 Å². The van der Waals surface area contributed by atoms with Gasteiger partial charge < -0.3 is 14.4 Å². The Morgan fingerprint density at radius 3 is 2.58 bits per heavy atom. The first-order valence-corrected chi connectivity index (χ1v) is 10.0. The molecule has 0 aromatic carbocycles. The van der Waals surface area contributed by atoms with Gasteiger partial charge in [-0.3, -0.25) is 9.48 Å². The van der Waals surface area contributed by atoms with Gasteiger partial charge in [0.25, 0.3) is 0 Å². The highest BCUT2D eigenvalue weighted by Gasteiger charge is 2.36. The van der Waals surface area contributed by atoms with Gasteiger partial charge in [0, 0.05) is 25.7 Å². The van der Waals surface area contributed by atoms with E-state index < -0.39 is 5.79 Å². The molecule has 0 spiro atoms. The molecule has 1 aromatic heterocycles. The summed E-state index contributed by atoms with van der Waals surface area (Å²) in [5.41, 5.74) is 0.731. The largest absolute Gasteiger partial charge is 0.348 e. The van der Waals surface area contributed by atoms with Gasteiger partial charge in [-0.2, -0.15) is 5.10 Å². The molecular formula is C19H30ClN3O3. The second-order valence-electron chi connectivity index (χ2n) is 7.96. The maximum absolute atomic E-state index is 13.3. The van der Waals surface area contributed by atoms with Crippen molar-refractivity contribution in [2.24, 2.45) is 13.0 Å². The fourth-order valence-electron chi connectivity index (χ4n) is 3.91. The summed E-state index contributed by atoms with van der Waals surface area (Å²) in [4.78, 5) is 15.1. The first-order valence-electron chi connectivity index (χ1n) is 9.62. The predicted octanol–water partition coefficient (Wildman–Crippen LogP) is 3.52. The number of hydrogen-bond acceptors (Lipinski definition) is 4. The van der Waals surface area contributed by atoms with Crippen molar-refractivity contribution in [1.29, 1.82) is 0 Å². The molecule has 1 aliphatic carbocycles. The smallest absolute Gasteiger partial charge is 0.226 e. The number of nitrogens with zero attached hydrogens (tertiary/aromatic N) is 3. The quantitative estimate of drug-likeness (QED) is 0.730. The Kier molecular flexibility index (Phi) is 6.25. The highest BCUT2D eigenvalue weighted by molar-refractivity contribution is 6.31. The van der Waals surface area contributed by atoms with Crippen LogP contribution in [-0.4, -0.2) is 45.6 Å². The van der Waals surface area contributed by atoms with Crippen LogP contribution in [-0.2, 0) is 27.9 Å². The molecule has 26 heavy (non-hydrogen) atoms. The number of ether oxygens (including phenoxy) is 2. The van der Waals surface area contributed by atoms with Gasteiger partial charge in [-0.1, -0.05) is 37.3 Å². The second-order valence-corrected chi connectivity index (χ2v) is 8.36. The van der Waals surface area contributed by atoms with Gasteiger partial charge in [0.05, 0.1) is 18.2 Å². The van der Waals surface area contributed by atoms with Gasteiger partial charge in [0.1, 0.15) is 11.8 Å². The minimum Gasteiger partial charge on any atom is -0.348 e. The summed E-state index contributed by atoms with van der Waals surface area (Å²) in [6.07, 6.45) is 8.30. The molecule has 0 unspecified atom stereocenters. The van der Waals surface area contributed by atoms with E-state index in [-0.39, 0.29) is 17.9 Å². The van der Waals surface area contributed by atoms with E-state index in [2.05, 4.69) is 5.10 Å². The number of carbonyl (C=O) groups is 1. The number of aromatic nitrogens is 2. The summed E-state index contributed by atoms with van der Waals surface area (Å²) in [7, 11) is 1.84. The predicted molar refractivity (Wildman–Crippen MR) is 99.7 cm³/mol. The molecule has 6 nitrogen and oxygen atoms in total. The van der Waals surface area contributed by atoms with Crippen LogP contribution in [0.4, 0.5) is 0 Å². The van der Waals surface area contributed by atoms with Gasteiger partial charge in [-0.05, 0) is 26.7 Å². The van der Waals surface area contributed by atoms with Crippen molar-refractivity contribution >= 4 is 17.5 Å². The van der Waals surface area contributed by atoms with Crippen molar-refractivity contribution in [3.05, 3.63) is 16.9 Å². The molecular weight excluding hydrogens is 354 g/mol. The lowest BCUT2D eigenvalue weighted by molar-refractivity contribution is -0.149. The molecule has 1 amide bonds. The van der Waals surface area contributed by atoms with Crippen LogP contribution in [0, 0.1) is 5.92 Å². The average molecular weight is 384 g/mol. The Hall–Kier alpha value is -1.11. The minimum absolute atomic E-state index is 0.0929. The second kappa shape index (κ2) is 8.28. The van der Waals surface area contributed by atoms with Crippen LogP contribution in [0.15, 0.2) is 6.20 Å². The van der Waals surface area contributed by atoms with Crippen LogP contribution < -0.4 is 0 Å². The Morgan fingerprint density at radius 2 is 2.04 bits per heavy atom. The number of hydrogen-bond donors (Lipinski definition) is 0. The Labute approximate surface area is 160 Å². The van der Waals surface area contributed by atoms with Crippen LogP contribution in [0.5, 0.6) is 0 Å². The number of aryl methyl sites for hydroxylation is 1. The summed E-state index contributed by atoms with van der Waals surface area (Å²) < 4.78 is 13.3. The summed E-state index contributed by atoms with van der Waals surface area (Å²) in [5, 5.41) is 5.01. The minimum atomic E-state index is -0.593. The molecule has 2 heterocycles. The van der Waals surface area contributed by atoms with E-state index in [0.29, 0.717) is 24.7 Å². The van der Waals surface area contributed by atoms with Crippen molar-refractivity contribution in [1.82, 2.24) is 14.7 Å². The number of halogens is 1. The zero-order valence-electron chi connectivity index (χ0n) is 16.0. The topological polar surface area (TPSA) is 56.6 Å². The van der Waals surface area contributed by atoms with Crippen molar-refractivity contribution in [3.8, 4) is 0 Å². The lowest BCUT2D eigenvalue weighted by Crippen LogP contribution is -2.42. The summed E-state index contributed by atoms with van der Waals surface area (Å²) >= 11 is 6.29. The lowest BCUT2D eigenvalue weighted by Gasteiger charge is -2.29. The number of rotatable bonds is 5. The monoisotopic (exact) mass is 383 g/mol. The summed E-state index contributed by atoms with van der Waals surface area (Å²) in [6.45, 7) is 5.22. The van der Waals surface area contributed by atoms with Crippen molar-refractivity contribution < 1.29 is 14.3 Å². The van der Waals surface area contributed by atoms with E-state index in [1.54, 1.807) is 10.9 Å². The van der Waals surface area contributed by atoms with E-state index >= 15 is 0 Å². The fraction of sp³-hybridized carbons (Fsp3) is 0.789. The molecule has 0 radical (unpaired) electrons. The summed E-state index contributed by atoms with van der Waals surface area (Å²) in [6, 6.07) is 0. The first-order chi connectivity index (χ1) is 12.3. The zero-order chi connectivity index (χ0) is 18.7. The molecule has 0 N–H and O–H groups in total. The van der Waals surface area contributed by atoms with Gasteiger partial charge in [0.2, 0.25) is 5.91 Å². The molecule has 2 fully saturated rings. The molecule has 1 saturated carbocycles. The third kappa shape index (κ3) is 4.99. The molecule has 1 aliphatic heterocycles. The number of carbonyl (C=O) groups excluding carboxylic acids is 1. The van der Waals surface area contributed by atoms with Crippen LogP contribution in [0.1, 0.15) is 58.1 Å². The zero-order valence-corrected chi connectivity index (χ0v) is 16.8. The average Bonchev–Trinajstić information content (AvgIpc) is 2.94. The maximum atomic E-state index is 13.3. The van der Waals surface area contributed by atoms with Crippen molar-refractivity contribution in [3.63, 3.8) is 0 Å². The van der Waals surface area contributed by atoms with Gasteiger partial charge in [0.15, 0.2) is 5.79 Å². The fourth-order valence-corrected chi connectivity index (χ4v) is 4.15. The molecule has 2 aliphatic rings. The van der Waals surface area contributed by atoms with Crippen molar-refractivity contribution in [2.75, 3.05) is 13.2 Å². The van der Waals surface area contributed by atoms with Gasteiger partial charge in [-0.25, -0.2) is 0 Å². The molecule has 7 heteroatoms. The number of amides is 1. The standard InChI is InChI=1S/C19H30ClN3O3/c1-19(2)25-13-15(26-19)10-23(12-17-16(20)11-22(3)21-17)18(24)14-8-6-4-5-7-9-14/h11,14-15H,4-10,12-13H2,1-3H3/t15-/m1/s1. The lowest BCUT2D eigenvalue weighted by atomic mass is 9.98. The summed E-state index contributed by atoms with van der Waals surface area (Å²) in [5.74, 6) is -0.304. The van der Waals surface area contributed by atoms with E-state index in [9.17, 15) is 4.79 Å². The highest BCUT2D eigenvalue weighted by atomic mass is 35.5. The van der Waals surface area contributed by atoms with Crippen LogP contribution in [0.3, 0.4) is 0 Å². The maximum Gasteiger partial charge on any atom is 0.226 e. The first kappa shape index (κ1) is 19.6. The Bertz CT molecular complexity index is 624. The molecule has 146 valence electrons. The van der Waals surface area contributed by atoms with Crippen LogP contribution in [0.25, 0.3) is 0 Å². The van der Waals surface area contributed by atoms with Gasteiger partial charge >= 0.3 is 0 Å². The van der Waals surface area contributed by atoms with Crippen LogP contribution in [0.2, 0.25) is 5.02 Å². The molecule has 1 atom stereocenters. The normalized spacial score (nSPS) is 23.8. The third-order valence-corrected chi connectivity index (χ3v) is 5.52.